The lowest BCUT2D eigenvalue weighted by molar-refractivity contribution is -0.0111. The van der Waals surface area contributed by atoms with E-state index in [1.165, 1.54) is 64.2 Å². The van der Waals surface area contributed by atoms with Crippen LogP contribution in [0.25, 0.3) is 0 Å². The summed E-state index contributed by atoms with van der Waals surface area (Å²) in [7, 11) is -4.15. The average Bonchev–Trinajstić information content (AvgIpc) is 2.78. The fraction of sp³-hybridized carbons (Fsp3) is 1.00. The van der Waals surface area contributed by atoms with Crippen molar-refractivity contribution in [2.24, 2.45) is 0 Å². The Morgan fingerprint density at radius 1 is 0.455 bits per heavy atom. The molecule has 8 nitrogen and oxygen atoms in total. The summed E-state index contributed by atoms with van der Waals surface area (Å²) in [5, 5.41) is 0. The molecule has 0 aliphatic heterocycles. The maximum Gasteiger partial charge on any atom is 0.0946 e. The van der Waals surface area contributed by atoms with E-state index in [0.717, 1.165) is 13.0 Å². The van der Waals surface area contributed by atoms with Gasteiger partial charge in [-0.15, -0.1) is 0 Å². The molecule has 0 saturated carbocycles. The Labute approximate surface area is 202 Å². The van der Waals surface area contributed by atoms with Crippen LogP contribution in [0.4, 0.5) is 0 Å². The molecule has 0 aromatic carbocycles. The molecule has 0 aliphatic rings. The van der Waals surface area contributed by atoms with Crippen molar-refractivity contribution in [2.75, 3.05) is 71.8 Å². The van der Waals surface area contributed by atoms with Gasteiger partial charge in [0, 0.05) is 19.0 Å². The van der Waals surface area contributed by atoms with Gasteiger partial charge in [0.15, 0.2) is 0 Å². The highest BCUT2D eigenvalue weighted by molar-refractivity contribution is 7.85. The molecule has 0 rings (SSSR count). The van der Waals surface area contributed by atoms with E-state index in [1.54, 1.807) is 0 Å². The summed E-state index contributed by atoms with van der Waals surface area (Å²) >= 11 is 0. The van der Waals surface area contributed by atoms with E-state index in [4.69, 9.17) is 23.7 Å². The van der Waals surface area contributed by atoms with Crippen LogP contribution in [0.5, 0.6) is 0 Å². The Kier molecular flexibility index (Phi) is 26.1. The lowest BCUT2D eigenvalue weighted by atomic mass is 10.1. The first-order valence-corrected chi connectivity index (χ1v) is 14.5. The third-order valence-corrected chi connectivity index (χ3v) is 5.85. The molecule has 0 aromatic rings. The van der Waals surface area contributed by atoms with Gasteiger partial charge in [0.25, 0.3) is 0 Å². The number of hydrogen-bond donors (Lipinski definition) is 0. The number of rotatable bonds is 28. The molecule has 200 valence electrons. The molecule has 0 aromatic heterocycles. The van der Waals surface area contributed by atoms with Crippen molar-refractivity contribution >= 4 is 10.1 Å². The van der Waals surface area contributed by atoms with Crippen LogP contribution in [0.2, 0.25) is 0 Å². The average molecular weight is 498 g/mol. The first-order chi connectivity index (χ1) is 16.1. The zero-order valence-electron chi connectivity index (χ0n) is 20.9. The molecule has 9 heteroatoms. The Morgan fingerprint density at radius 2 is 0.758 bits per heavy atom. The third kappa shape index (κ3) is 31.7. The van der Waals surface area contributed by atoms with E-state index < -0.39 is 15.9 Å². The summed E-state index contributed by atoms with van der Waals surface area (Å²) in [5.41, 5.74) is 0. The second-order valence-electron chi connectivity index (χ2n) is 8.21. The zero-order valence-corrected chi connectivity index (χ0v) is 21.8. The van der Waals surface area contributed by atoms with Crippen LogP contribution < -0.4 is 0 Å². The van der Waals surface area contributed by atoms with E-state index in [9.17, 15) is 13.0 Å². The first kappa shape index (κ1) is 32.7. The second-order valence-corrected chi connectivity index (χ2v) is 9.74. The third-order valence-electron chi connectivity index (χ3n) is 5.06. The lowest BCUT2D eigenvalue weighted by Crippen LogP contribution is -2.14. The van der Waals surface area contributed by atoms with Crippen molar-refractivity contribution < 1.29 is 36.7 Å². The minimum Gasteiger partial charge on any atom is -0.748 e. The van der Waals surface area contributed by atoms with Gasteiger partial charge in [-0.2, -0.15) is 0 Å². The van der Waals surface area contributed by atoms with Crippen molar-refractivity contribution in [3.63, 3.8) is 0 Å². The minimum atomic E-state index is -4.15. The summed E-state index contributed by atoms with van der Waals surface area (Å²) in [6.45, 7) is 7.28. The zero-order chi connectivity index (χ0) is 24.3. The van der Waals surface area contributed by atoms with Gasteiger partial charge in [-0.25, -0.2) is 8.42 Å². The van der Waals surface area contributed by atoms with Crippen LogP contribution in [-0.4, -0.2) is 84.8 Å². The molecule has 0 spiro atoms. The van der Waals surface area contributed by atoms with Gasteiger partial charge in [0.05, 0.1) is 63.0 Å². The number of hydrogen-bond acceptors (Lipinski definition) is 8. The van der Waals surface area contributed by atoms with Crippen LogP contribution in [-0.2, 0) is 33.8 Å². The van der Waals surface area contributed by atoms with Crippen LogP contribution in [0, 0.1) is 0 Å². The Bertz CT molecular complexity index is 473. The monoisotopic (exact) mass is 497 g/mol. The predicted molar refractivity (Wildman–Crippen MR) is 130 cm³/mol. The van der Waals surface area contributed by atoms with E-state index in [1.807, 2.05) is 0 Å². The van der Waals surface area contributed by atoms with Crippen LogP contribution in [0.15, 0.2) is 0 Å². The Morgan fingerprint density at radius 3 is 1.12 bits per heavy atom. The second kappa shape index (κ2) is 26.3. The molecule has 0 fully saturated rings. The Hall–Kier alpha value is -0.290. The molecule has 0 unspecified atom stereocenters. The minimum absolute atomic E-state index is 0.208. The fourth-order valence-electron chi connectivity index (χ4n) is 3.19. The molecule has 0 bridgehead atoms. The summed E-state index contributed by atoms with van der Waals surface area (Å²) in [5.74, 6) is -0.394. The number of ether oxygens (including phenoxy) is 5. The highest BCUT2D eigenvalue weighted by Gasteiger charge is 1.97. The standard InChI is InChI=1S/C24H50O8S/c1-2-3-4-5-6-7-8-9-10-11-12-14-28-16-18-30-20-22-32-23-21-31-19-17-29-15-13-24-33(25,26)27/h2-24H2,1H3,(H,25,26,27)/p-1. The summed E-state index contributed by atoms with van der Waals surface area (Å²) < 4.78 is 58.2. The van der Waals surface area contributed by atoms with E-state index in [2.05, 4.69) is 6.92 Å². The summed E-state index contributed by atoms with van der Waals surface area (Å²) in [6, 6.07) is 0. The molecule has 0 saturated heterocycles. The first-order valence-electron chi connectivity index (χ1n) is 12.9. The van der Waals surface area contributed by atoms with Gasteiger partial charge in [-0.1, -0.05) is 71.1 Å². The van der Waals surface area contributed by atoms with Gasteiger partial charge in [-0.3, -0.25) is 0 Å². The van der Waals surface area contributed by atoms with Gasteiger partial charge in [0.2, 0.25) is 0 Å². The van der Waals surface area contributed by atoms with Crippen molar-refractivity contribution in [1.29, 1.82) is 0 Å². The van der Waals surface area contributed by atoms with Gasteiger partial charge in [-0.05, 0) is 12.8 Å². The van der Waals surface area contributed by atoms with Crippen molar-refractivity contribution in [2.45, 2.75) is 84.0 Å². The van der Waals surface area contributed by atoms with Crippen LogP contribution >= 0.6 is 0 Å². The SMILES string of the molecule is CCCCCCCCCCCCCOCCOCCOCCOCCOCCCS(=O)(=O)[O-]. The normalized spacial score (nSPS) is 11.9. The van der Waals surface area contributed by atoms with Crippen LogP contribution in [0.3, 0.4) is 0 Å². The molecule has 0 heterocycles. The molecule has 0 radical (unpaired) electrons. The van der Waals surface area contributed by atoms with Gasteiger partial charge < -0.3 is 28.2 Å². The molecular formula is C24H49O8S-. The fourth-order valence-corrected chi connectivity index (χ4v) is 3.66. The molecule has 0 atom stereocenters. The smallest absolute Gasteiger partial charge is 0.0946 e. The lowest BCUT2D eigenvalue weighted by Gasteiger charge is -2.08. The molecule has 0 N–H and O–H groups in total. The Balaban J connectivity index is 3.04. The van der Waals surface area contributed by atoms with E-state index in [-0.39, 0.29) is 13.0 Å². The quantitative estimate of drug-likeness (QED) is 0.116. The number of unbranched alkanes of at least 4 members (excludes halogenated alkanes) is 10. The summed E-state index contributed by atoms with van der Waals surface area (Å²) in [4.78, 5) is 0. The topological polar surface area (TPSA) is 103 Å². The summed E-state index contributed by atoms with van der Waals surface area (Å²) in [6.07, 6.45) is 15.0. The van der Waals surface area contributed by atoms with Gasteiger partial charge in [0.1, 0.15) is 0 Å². The molecule has 33 heavy (non-hydrogen) atoms. The molecular weight excluding hydrogens is 448 g/mol. The predicted octanol–water partition coefficient (Wildman–Crippen LogP) is 4.32. The maximum atomic E-state index is 10.4. The maximum absolute atomic E-state index is 10.4. The highest BCUT2D eigenvalue weighted by atomic mass is 32.2. The highest BCUT2D eigenvalue weighted by Crippen LogP contribution is 2.11. The van der Waals surface area contributed by atoms with Crippen LogP contribution in [0.1, 0.15) is 84.0 Å². The molecule has 0 amide bonds. The van der Waals surface area contributed by atoms with Crippen molar-refractivity contribution in [3.05, 3.63) is 0 Å². The van der Waals surface area contributed by atoms with Crippen molar-refractivity contribution in [3.8, 4) is 0 Å². The largest absolute Gasteiger partial charge is 0.748 e. The van der Waals surface area contributed by atoms with E-state index >= 15 is 0 Å². The molecule has 0 aliphatic carbocycles. The van der Waals surface area contributed by atoms with Crippen molar-refractivity contribution in [1.82, 2.24) is 0 Å². The van der Waals surface area contributed by atoms with Gasteiger partial charge >= 0.3 is 0 Å². The van der Waals surface area contributed by atoms with E-state index in [0.29, 0.717) is 52.9 Å².